The lowest BCUT2D eigenvalue weighted by Crippen LogP contribution is -2.47. The summed E-state index contributed by atoms with van der Waals surface area (Å²) >= 11 is 0. The number of furan rings is 1. The number of rotatable bonds is 3. The van der Waals surface area contributed by atoms with E-state index in [1.165, 1.54) is 25.0 Å². The van der Waals surface area contributed by atoms with Crippen molar-refractivity contribution in [3.05, 3.63) is 24.2 Å². The predicted molar refractivity (Wildman–Crippen MR) is 77.7 cm³/mol. The van der Waals surface area contributed by atoms with E-state index >= 15 is 0 Å². The first-order valence-electron chi connectivity index (χ1n) is 6.43. The molecule has 0 aromatic carbocycles. The maximum Gasteiger partial charge on any atom is 0.121 e. The highest BCUT2D eigenvalue weighted by Gasteiger charge is 2.34. The molecule has 2 heterocycles. The number of hydrogen-bond acceptors (Lipinski definition) is 3. The SMILES string of the molecule is Cl.Cl.c1coc([C@H](C2CCC2)N2CCNCC2)c1. The lowest BCUT2D eigenvalue weighted by atomic mass is 9.78. The number of halogens is 2. The first-order chi connectivity index (χ1) is 7.95. The van der Waals surface area contributed by atoms with Crippen LogP contribution in [0.2, 0.25) is 0 Å². The molecule has 0 spiro atoms. The van der Waals surface area contributed by atoms with Crippen LogP contribution < -0.4 is 5.32 Å². The normalized spacial score (nSPS) is 22.4. The molecule has 2 aliphatic rings. The summed E-state index contributed by atoms with van der Waals surface area (Å²) in [6, 6.07) is 4.69. The topological polar surface area (TPSA) is 28.4 Å². The van der Waals surface area contributed by atoms with Crippen molar-refractivity contribution in [2.75, 3.05) is 26.2 Å². The number of nitrogens with zero attached hydrogens (tertiary/aromatic N) is 1. The van der Waals surface area contributed by atoms with Gasteiger partial charge in [-0.3, -0.25) is 4.90 Å². The van der Waals surface area contributed by atoms with Gasteiger partial charge in [0.1, 0.15) is 5.76 Å². The average molecular weight is 293 g/mol. The molecule has 18 heavy (non-hydrogen) atoms. The fourth-order valence-corrected chi connectivity index (χ4v) is 2.89. The molecule has 0 unspecified atom stereocenters. The molecule has 0 bridgehead atoms. The van der Waals surface area contributed by atoms with Crippen molar-refractivity contribution in [1.29, 1.82) is 0 Å². The van der Waals surface area contributed by atoms with Crippen LogP contribution in [0.15, 0.2) is 22.8 Å². The highest BCUT2D eigenvalue weighted by Crippen LogP contribution is 2.41. The molecule has 1 N–H and O–H groups in total. The van der Waals surface area contributed by atoms with Gasteiger partial charge in [-0.2, -0.15) is 0 Å². The molecule has 3 nitrogen and oxygen atoms in total. The highest BCUT2D eigenvalue weighted by molar-refractivity contribution is 5.85. The Bertz CT molecular complexity index is 322. The molecule has 1 saturated heterocycles. The summed E-state index contributed by atoms with van der Waals surface area (Å²) in [6.45, 7) is 4.54. The van der Waals surface area contributed by atoms with Gasteiger partial charge in [0.25, 0.3) is 0 Å². The highest BCUT2D eigenvalue weighted by atomic mass is 35.5. The molecule has 1 aliphatic heterocycles. The van der Waals surface area contributed by atoms with Gasteiger partial charge in [-0.25, -0.2) is 0 Å². The fourth-order valence-electron chi connectivity index (χ4n) is 2.89. The van der Waals surface area contributed by atoms with Gasteiger partial charge in [0.15, 0.2) is 0 Å². The third-order valence-corrected chi connectivity index (χ3v) is 3.98. The van der Waals surface area contributed by atoms with Crippen LogP contribution in [0.3, 0.4) is 0 Å². The van der Waals surface area contributed by atoms with E-state index in [9.17, 15) is 0 Å². The Labute approximate surface area is 121 Å². The molecule has 2 fully saturated rings. The van der Waals surface area contributed by atoms with Gasteiger partial charge < -0.3 is 9.73 Å². The van der Waals surface area contributed by atoms with Crippen LogP contribution in [-0.2, 0) is 0 Å². The number of nitrogens with one attached hydrogen (secondary N) is 1. The third kappa shape index (κ3) is 3.21. The standard InChI is InChI=1S/C13H20N2O.2ClH/c1-3-11(4-1)13(12-5-2-10-16-12)15-8-6-14-7-9-15;;/h2,5,10-11,13-14H,1,3-4,6-9H2;2*1H/t13-;;/m0../s1. The Hall–Kier alpha value is -0.220. The zero-order valence-electron chi connectivity index (χ0n) is 10.5. The summed E-state index contributed by atoms with van der Waals surface area (Å²) in [5.74, 6) is 2.00. The molecule has 1 atom stereocenters. The molecule has 5 heteroatoms. The zero-order valence-corrected chi connectivity index (χ0v) is 12.1. The van der Waals surface area contributed by atoms with Gasteiger partial charge >= 0.3 is 0 Å². The van der Waals surface area contributed by atoms with Crippen LogP contribution in [0, 0.1) is 5.92 Å². The monoisotopic (exact) mass is 292 g/mol. The van der Waals surface area contributed by atoms with Crippen LogP contribution in [0.25, 0.3) is 0 Å². The van der Waals surface area contributed by atoms with E-state index in [4.69, 9.17) is 4.42 Å². The van der Waals surface area contributed by atoms with E-state index in [-0.39, 0.29) is 24.8 Å². The largest absolute Gasteiger partial charge is 0.468 e. The number of piperazine rings is 1. The van der Waals surface area contributed by atoms with E-state index in [0.29, 0.717) is 6.04 Å². The van der Waals surface area contributed by atoms with Crippen LogP contribution in [0.4, 0.5) is 0 Å². The molecule has 0 amide bonds. The van der Waals surface area contributed by atoms with Crippen molar-refractivity contribution >= 4 is 24.8 Å². The van der Waals surface area contributed by atoms with Crippen LogP contribution in [0.5, 0.6) is 0 Å². The Morgan fingerprint density at radius 2 is 1.94 bits per heavy atom. The second kappa shape index (κ2) is 7.39. The van der Waals surface area contributed by atoms with E-state index in [1.54, 1.807) is 0 Å². The van der Waals surface area contributed by atoms with Crippen molar-refractivity contribution in [2.24, 2.45) is 5.92 Å². The van der Waals surface area contributed by atoms with Gasteiger partial charge in [0.2, 0.25) is 0 Å². The summed E-state index contributed by atoms with van der Waals surface area (Å²) in [5.41, 5.74) is 0. The van der Waals surface area contributed by atoms with E-state index in [2.05, 4.69) is 16.3 Å². The Morgan fingerprint density at radius 3 is 2.44 bits per heavy atom. The fraction of sp³-hybridized carbons (Fsp3) is 0.692. The van der Waals surface area contributed by atoms with Crippen molar-refractivity contribution in [2.45, 2.75) is 25.3 Å². The third-order valence-electron chi connectivity index (χ3n) is 3.98. The summed E-state index contributed by atoms with van der Waals surface area (Å²) in [4.78, 5) is 2.60. The molecule has 1 aromatic rings. The lowest BCUT2D eigenvalue weighted by Gasteiger charge is -2.41. The first-order valence-corrected chi connectivity index (χ1v) is 6.43. The maximum absolute atomic E-state index is 5.64. The minimum absolute atomic E-state index is 0. The predicted octanol–water partition coefficient (Wildman–Crippen LogP) is 2.87. The molecule has 1 saturated carbocycles. The van der Waals surface area contributed by atoms with Crippen LogP contribution in [-0.4, -0.2) is 31.1 Å². The zero-order chi connectivity index (χ0) is 10.8. The lowest BCUT2D eigenvalue weighted by molar-refractivity contribution is 0.0685. The van der Waals surface area contributed by atoms with Crippen molar-refractivity contribution < 1.29 is 4.42 Å². The van der Waals surface area contributed by atoms with Gasteiger partial charge in [0, 0.05) is 26.2 Å². The Morgan fingerprint density at radius 1 is 1.22 bits per heavy atom. The smallest absolute Gasteiger partial charge is 0.121 e. The van der Waals surface area contributed by atoms with Gasteiger partial charge in [-0.05, 0) is 30.9 Å². The first kappa shape index (κ1) is 15.8. The summed E-state index contributed by atoms with van der Waals surface area (Å²) < 4.78 is 5.64. The minimum Gasteiger partial charge on any atom is -0.468 e. The second-order valence-corrected chi connectivity index (χ2v) is 4.94. The van der Waals surface area contributed by atoms with E-state index < -0.39 is 0 Å². The van der Waals surface area contributed by atoms with Gasteiger partial charge in [0.05, 0.1) is 12.3 Å². The van der Waals surface area contributed by atoms with Gasteiger partial charge in [-0.1, -0.05) is 6.42 Å². The minimum atomic E-state index is 0. The van der Waals surface area contributed by atoms with Crippen molar-refractivity contribution in [3.8, 4) is 0 Å². The van der Waals surface area contributed by atoms with E-state index in [0.717, 1.165) is 32.1 Å². The molecule has 3 rings (SSSR count). The average Bonchev–Trinajstić information content (AvgIpc) is 2.77. The number of hydrogen-bond donors (Lipinski definition) is 1. The van der Waals surface area contributed by atoms with Crippen LogP contribution in [0.1, 0.15) is 31.1 Å². The summed E-state index contributed by atoms with van der Waals surface area (Å²) in [5, 5.41) is 3.42. The van der Waals surface area contributed by atoms with Crippen molar-refractivity contribution in [1.82, 2.24) is 10.2 Å². The molecule has 1 aliphatic carbocycles. The Kier molecular flexibility index (Phi) is 6.50. The molecule has 0 radical (unpaired) electrons. The maximum atomic E-state index is 5.64. The second-order valence-electron chi connectivity index (χ2n) is 4.94. The quantitative estimate of drug-likeness (QED) is 0.929. The summed E-state index contributed by atoms with van der Waals surface area (Å²) in [7, 11) is 0. The molecule has 104 valence electrons. The van der Waals surface area contributed by atoms with E-state index in [1.807, 2.05) is 12.3 Å². The van der Waals surface area contributed by atoms with Gasteiger partial charge in [-0.15, -0.1) is 24.8 Å². The molecular formula is C13H22Cl2N2O. The summed E-state index contributed by atoms with van der Waals surface area (Å²) in [6.07, 6.45) is 5.95. The Balaban J connectivity index is 0.000000810. The van der Waals surface area contributed by atoms with Crippen LogP contribution >= 0.6 is 24.8 Å². The molecule has 1 aromatic heterocycles. The van der Waals surface area contributed by atoms with Crippen molar-refractivity contribution in [3.63, 3.8) is 0 Å². The molecular weight excluding hydrogens is 271 g/mol.